The molecule has 31 heavy (non-hydrogen) atoms. The highest BCUT2D eigenvalue weighted by Crippen LogP contribution is 2.52. The van der Waals surface area contributed by atoms with Crippen molar-refractivity contribution < 1.29 is 33.3 Å². The average Bonchev–Trinajstić information content (AvgIpc) is 2.73. The van der Waals surface area contributed by atoms with Crippen molar-refractivity contribution in [3.63, 3.8) is 0 Å². The molecule has 0 amide bonds. The molecule has 0 aliphatic carbocycles. The van der Waals surface area contributed by atoms with E-state index in [1.165, 1.54) is 21.3 Å². The summed E-state index contributed by atoms with van der Waals surface area (Å²) in [5.41, 5.74) is -0.196. The van der Waals surface area contributed by atoms with Crippen LogP contribution < -0.4 is 23.7 Å². The first kappa shape index (κ1) is 24.3. The minimum Gasteiger partial charge on any atom is -0.497 e. The van der Waals surface area contributed by atoms with Crippen LogP contribution in [0.2, 0.25) is 0 Å². The van der Waals surface area contributed by atoms with Crippen molar-refractivity contribution in [2.24, 2.45) is 5.41 Å². The van der Waals surface area contributed by atoms with Crippen LogP contribution >= 0.6 is 0 Å². The SMILES string of the molecule is CCCC(C)(C)CC(=O)Oc1c(OC)c(OC)c(OC(=O)CC)c2cc(OC)ccc12. The Morgan fingerprint density at radius 2 is 1.39 bits per heavy atom. The highest BCUT2D eigenvalue weighted by Gasteiger charge is 2.29. The van der Waals surface area contributed by atoms with Gasteiger partial charge in [-0.25, -0.2) is 0 Å². The molecule has 170 valence electrons. The molecular formula is C24H32O7. The Labute approximate surface area is 183 Å². The summed E-state index contributed by atoms with van der Waals surface area (Å²) in [6.07, 6.45) is 2.29. The second kappa shape index (κ2) is 10.4. The van der Waals surface area contributed by atoms with Gasteiger partial charge >= 0.3 is 11.9 Å². The maximum atomic E-state index is 12.8. The molecule has 0 spiro atoms. The lowest BCUT2D eigenvalue weighted by atomic mass is 9.85. The van der Waals surface area contributed by atoms with E-state index in [0.29, 0.717) is 16.5 Å². The monoisotopic (exact) mass is 432 g/mol. The third kappa shape index (κ3) is 5.60. The molecule has 2 aromatic carbocycles. The number of carbonyl (C=O) groups excluding carboxylic acids is 2. The Morgan fingerprint density at radius 1 is 0.806 bits per heavy atom. The number of methoxy groups -OCH3 is 3. The summed E-state index contributed by atoms with van der Waals surface area (Å²) < 4.78 is 27.8. The van der Waals surface area contributed by atoms with Gasteiger partial charge in [0.25, 0.3) is 0 Å². The number of hydrogen-bond acceptors (Lipinski definition) is 7. The molecular weight excluding hydrogens is 400 g/mol. The molecule has 0 bridgehead atoms. The molecule has 0 aliphatic rings. The third-order valence-corrected chi connectivity index (χ3v) is 5.01. The lowest BCUT2D eigenvalue weighted by Gasteiger charge is -2.24. The molecule has 2 rings (SSSR count). The van der Waals surface area contributed by atoms with Crippen LogP contribution in [0.1, 0.15) is 53.4 Å². The summed E-state index contributed by atoms with van der Waals surface area (Å²) in [4.78, 5) is 24.9. The van der Waals surface area contributed by atoms with E-state index in [1.807, 2.05) is 13.8 Å². The minimum atomic E-state index is -0.435. The zero-order valence-corrected chi connectivity index (χ0v) is 19.4. The van der Waals surface area contributed by atoms with E-state index in [1.54, 1.807) is 25.1 Å². The Hall–Kier alpha value is -2.96. The normalized spacial score (nSPS) is 11.2. The first-order valence-electron chi connectivity index (χ1n) is 10.4. The van der Waals surface area contributed by atoms with Gasteiger partial charge in [0, 0.05) is 17.2 Å². The van der Waals surface area contributed by atoms with E-state index in [-0.39, 0.29) is 47.2 Å². The second-order valence-electron chi connectivity index (χ2n) is 8.03. The Kier molecular flexibility index (Phi) is 8.14. The van der Waals surface area contributed by atoms with E-state index in [2.05, 4.69) is 6.92 Å². The van der Waals surface area contributed by atoms with Gasteiger partial charge in [0.2, 0.25) is 11.5 Å². The smallest absolute Gasteiger partial charge is 0.311 e. The molecule has 0 atom stereocenters. The number of carbonyl (C=O) groups is 2. The number of ether oxygens (including phenoxy) is 5. The van der Waals surface area contributed by atoms with Crippen LogP contribution in [0.15, 0.2) is 18.2 Å². The van der Waals surface area contributed by atoms with Gasteiger partial charge in [-0.05, 0) is 30.0 Å². The lowest BCUT2D eigenvalue weighted by Crippen LogP contribution is -2.21. The number of rotatable bonds is 10. The van der Waals surface area contributed by atoms with E-state index in [0.717, 1.165) is 12.8 Å². The Balaban J connectivity index is 2.69. The number of hydrogen-bond donors (Lipinski definition) is 0. The number of fused-ring (bicyclic) bond motifs is 1. The topological polar surface area (TPSA) is 80.3 Å². The fourth-order valence-corrected chi connectivity index (χ4v) is 3.55. The quantitative estimate of drug-likeness (QED) is 0.372. The van der Waals surface area contributed by atoms with Gasteiger partial charge in [0.1, 0.15) is 5.75 Å². The molecule has 0 aliphatic heterocycles. The molecule has 0 radical (unpaired) electrons. The molecule has 2 aromatic rings. The lowest BCUT2D eigenvalue weighted by molar-refractivity contribution is -0.137. The fourth-order valence-electron chi connectivity index (χ4n) is 3.55. The summed E-state index contributed by atoms with van der Waals surface area (Å²) >= 11 is 0. The predicted octanol–water partition coefficient (Wildman–Crippen LogP) is 5.30. The van der Waals surface area contributed by atoms with Crippen LogP contribution in [0.3, 0.4) is 0 Å². The van der Waals surface area contributed by atoms with Crippen LogP contribution in [0.5, 0.6) is 28.7 Å². The molecule has 0 fully saturated rings. The van der Waals surface area contributed by atoms with Crippen LogP contribution in [0.4, 0.5) is 0 Å². The molecule has 0 unspecified atom stereocenters. The van der Waals surface area contributed by atoms with Crippen molar-refractivity contribution in [3.8, 4) is 28.7 Å². The summed E-state index contributed by atoms with van der Waals surface area (Å²) in [6, 6.07) is 5.17. The predicted molar refractivity (Wildman–Crippen MR) is 118 cm³/mol. The van der Waals surface area contributed by atoms with Gasteiger partial charge in [0.15, 0.2) is 11.5 Å². The molecule has 0 aromatic heterocycles. The molecule has 0 saturated heterocycles. The fraction of sp³-hybridized carbons (Fsp3) is 0.500. The average molecular weight is 433 g/mol. The van der Waals surface area contributed by atoms with Crippen LogP contribution in [-0.4, -0.2) is 33.3 Å². The number of benzene rings is 2. The van der Waals surface area contributed by atoms with Crippen molar-refractivity contribution in [3.05, 3.63) is 18.2 Å². The minimum absolute atomic E-state index is 0.167. The second-order valence-corrected chi connectivity index (χ2v) is 8.03. The maximum Gasteiger partial charge on any atom is 0.311 e. The molecule has 0 saturated carbocycles. The summed E-state index contributed by atoms with van der Waals surface area (Å²) in [7, 11) is 4.41. The van der Waals surface area contributed by atoms with Crippen molar-refractivity contribution in [2.45, 2.75) is 53.4 Å². The summed E-state index contributed by atoms with van der Waals surface area (Å²) in [5.74, 6) is 0.484. The zero-order chi connectivity index (χ0) is 23.2. The van der Waals surface area contributed by atoms with E-state index in [4.69, 9.17) is 23.7 Å². The van der Waals surface area contributed by atoms with Gasteiger partial charge in [-0.2, -0.15) is 0 Å². The van der Waals surface area contributed by atoms with Gasteiger partial charge in [0.05, 0.1) is 27.8 Å². The van der Waals surface area contributed by atoms with E-state index >= 15 is 0 Å². The van der Waals surface area contributed by atoms with Gasteiger partial charge < -0.3 is 23.7 Å². The van der Waals surface area contributed by atoms with Crippen LogP contribution in [0, 0.1) is 5.41 Å². The van der Waals surface area contributed by atoms with Gasteiger partial charge in [-0.15, -0.1) is 0 Å². The van der Waals surface area contributed by atoms with E-state index < -0.39 is 5.97 Å². The van der Waals surface area contributed by atoms with Gasteiger partial charge in [-0.1, -0.05) is 34.1 Å². The first-order valence-corrected chi connectivity index (χ1v) is 10.4. The molecule has 0 N–H and O–H groups in total. The maximum absolute atomic E-state index is 12.8. The Morgan fingerprint density at radius 3 is 1.90 bits per heavy atom. The highest BCUT2D eigenvalue weighted by molar-refractivity contribution is 6.02. The summed E-state index contributed by atoms with van der Waals surface area (Å²) in [6.45, 7) is 7.85. The molecule has 0 heterocycles. The van der Waals surface area contributed by atoms with E-state index in [9.17, 15) is 9.59 Å². The highest BCUT2D eigenvalue weighted by atomic mass is 16.6. The van der Waals surface area contributed by atoms with Crippen molar-refractivity contribution in [1.29, 1.82) is 0 Å². The zero-order valence-electron chi connectivity index (χ0n) is 19.4. The standard InChI is InChI=1S/C24H32O7/c1-8-12-24(3,4)14-19(26)31-20-16-11-10-15(27-5)13-17(16)21(30-18(25)9-2)23(29-7)22(20)28-6/h10-11,13H,8-9,12,14H2,1-7H3. The largest absolute Gasteiger partial charge is 0.497 e. The summed E-state index contributed by atoms with van der Waals surface area (Å²) in [5, 5.41) is 1.05. The van der Waals surface area contributed by atoms with Crippen LogP contribution in [0.25, 0.3) is 10.8 Å². The van der Waals surface area contributed by atoms with Crippen molar-refractivity contribution in [1.82, 2.24) is 0 Å². The van der Waals surface area contributed by atoms with Gasteiger partial charge in [-0.3, -0.25) is 9.59 Å². The third-order valence-electron chi connectivity index (χ3n) is 5.01. The molecule has 7 nitrogen and oxygen atoms in total. The van der Waals surface area contributed by atoms with Crippen LogP contribution in [-0.2, 0) is 9.59 Å². The molecule has 7 heteroatoms. The van der Waals surface area contributed by atoms with Crippen molar-refractivity contribution >= 4 is 22.7 Å². The van der Waals surface area contributed by atoms with Crippen molar-refractivity contribution in [2.75, 3.05) is 21.3 Å². The number of esters is 2. The first-order chi connectivity index (χ1) is 14.7. The Bertz CT molecular complexity index is 947.